The van der Waals surface area contributed by atoms with Gasteiger partial charge in [0.05, 0.1) is 16.9 Å². The number of rotatable bonds is 6. The summed E-state index contributed by atoms with van der Waals surface area (Å²) in [7, 11) is -4.29. The van der Waals surface area contributed by atoms with E-state index in [2.05, 4.69) is 5.32 Å². The molecule has 0 saturated carbocycles. The number of hydrogen-bond donors (Lipinski definition) is 2. The molecule has 9 nitrogen and oxygen atoms in total. The van der Waals surface area contributed by atoms with Gasteiger partial charge < -0.3 is 20.0 Å². The highest BCUT2D eigenvalue weighted by Crippen LogP contribution is 2.31. The Balaban J connectivity index is 1.25. The van der Waals surface area contributed by atoms with Crippen LogP contribution in [0.1, 0.15) is 39.9 Å². The van der Waals surface area contributed by atoms with E-state index < -0.39 is 32.4 Å². The predicted molar refractivity (Wildman–Crippen MR) is 162 cm³/mol. The van der Waals surface area contributed by atoms with Crippen molar-refractivity contribution in [3.8, 4) is 6.07 Å². The normalized spacial score (nSPS) is 16.2. The van der Waals surface area contributed by atoms with Crippen molar-refractivity contribution in [2.45, 2.75) is 37.6 Å². The van der Waals surface area contributed by atoms with E-state index in [0.717, 1.165) is 35.0 Å². The third-order valence-corrected chi connectivity index (χ3v) is 9.23. The molecule has 3 aromatic carbocycles. The molecule has 2 aliphatic rings. The minimum Gasteiger partial charge on any atom is -0.382 e. The minimum absolute atomic E-state index is 0.0342. The molecule has 2 aliphatic heterocycles. The average Bonchev–Trinajstić information content (AvgIpc) is 2.97. The largest absolute Gasteiger partial charge is 0.382 e. The van der Waals surface area contributed by atoms with Crippen LogP contribution in [0.3, 0.4) is 0 Å². The Morgan fingerprint density at radius 1 is 0.932 bits per heavy atom. The van der Waals surface area contributed by atoms with Crippen molar-refractivity contribution in [3.05, 3.63) is 82.2 Å². The second kappa shape index (κ2) is 12.4. The van der Waals surface area contributed by atoms with Gasteiger partial charge in [0.1, 0.15) is 22.6 Å². The van der Waals surface area contributed by atoms with Crippen LogP contribution in [0.15, 0.2) is 47.4 Å². The van der Waals surface area contributed by atoms with Crippen LogP contribution in [-0.4, -0.2) is 64.5 Å². The summed E-state index contributed by atoms with van der Waals surface area (Å²) in [5.74, 6) is -2.63. The Morgan fingerprint density at radius 3 is 2.25 bits per heavy atom. The number of nitriles is 1. The second-order valence-corrected chi connectivity index (χ2v) is 12.7. The summed E-state index contributed by atoms with van der Waals surface area (Å²) in [6, 6.07) is 11.5. The standard InChI is InChI=1S/C31H33F3N6O3S/c1-19-14-20(2)27(37-23-6-8-39(9-7-23)29-21(18-35)15-22(32)16-26(29)34)17-24(19)31(41)40-12-10-38(11-13-40)28-5-3-4-25(33)30(28)44(36,42)43/h3-5,14-17,23,37H,6-13H2,1-2H3,(H2,36,42,43). The van der Waals surface area contributed by atoms with Crippen molar-refractivity contribution in [1.29, 1.82) is 5.26 Å². The van der Waals surface area contributed by atoms with Crippen LogP contribution in [-0.2, 0) is 10.0 Å². The Labute approximate surface area is 254 Å². The van der Waals surface area contributed by atoms with E-state index in [1.807, 2.05) is 32.0 Å². The zero-order chi connectivity index (χ0) is 31.8. The fourth-order valence-corrected chi connectivity index (χ4v) is 6.86. The Kier molecular flexibility index (Phi) is 8.76. The van der Waals surface area contributed by atoms with Gasteiger partial charge in [0.25, 0.3) is 5.91 Å². The van der Waals surface area contributed by atoms with Crippen LogP contribution in [0.2, 0.25) is 0 Å². The van der Waals surface area contributed by atoms with Crippen molar-refractivity contribution < 1.29 is 26.4 Å². The quantitative estimate of drug-likeness (QED) is 0.419. The highest BCUT2D eigenvalue weighted by atomic mass is 32.2. The fraction of sp³-hybridized carbons (Fsp3) is 0.355. The minimum atomic E-state index is -4.29. The fourth-order valence-electron chi connectivity index (χ4n) is 6.03. The number of aryl methyl sites for hydroxylation is 2. The van der Waals surface area contributed by atoms with E-state index in [9.17, 15) is 31.6 Å². The molecule has 13 heteroatoms. The number of nitrogens with two attached hydrogens (primary N) is 1. The van der Waals surface area contributed by atoms with E-state index in [0.29, 0.717) is 57.7 Å². The zero-order valence-corrected chi connectivity index (χ0v) is 25.2. The number of hydrogen-bond acceptors (Lipinski definition) is 7. The first-order valence-electron chi connectivity index (χ1n) is 14.2. The third kappa shape index (κ3) is 6.32. The molecule has 3 aromatic rings. The molecule has 3 N–H and O–H groups in total. The summed E-state index contributed by atoms with van der Waals surface area (Å²) in [5.41, 5.74) is 3.37. The summed E-state index contributed by atoms with van der Waals surface area (Å²) in [6.45, 7) is 5.96. The molecule has 2 fully saturated rings. The van der Waals surface area contributed by atoms with E-state index in [1.54, 1.807) is 14.7 Å². The first-order valence-corrected chi connectivity index (χ1v) is 15.8. The number of piperidine rings is 1. The number of nitrogens with one attached hydrogen (secondary N) is 1. The molecule has 2 saturated heterocycles. The highest BCUT2D eigenvalue weighted by molar-refractivity contribution is 7.89. The number of benzene rings is 3. The van der Waals surface area contributed by atoms with E-state index in [-0.39, 0.29) is 28.9 Å². The van der Waals surface area contributed by atoms with Crippen molar-refractivity contribution in [2.75, 3.05) is 54.4 Å². The van der Waals surface area contributed by atoms with Crippen LogP contribution < -0.4 is 20.3 Å². The van der Waals surface area contributed by atoms with Gasteiger partial charge in [0, 0.05) is 62.6 Å². The third-order valence-electron chi connectivity index (χ3n) is 8.26. The molecule has 0 aliphatic carbocycles. The van der Waals surface area contributed by atoms with E-state index in [1.165, 1.54) is 12.1 Å². The number of carbonyl (C=O) groups is 1. The van der Waals surface area contributed by atoms with Crippen LogP contribution in [0.25, 0.3) is 0 Å². The molecule has 0 radical (unpaired) electrons. The van der Waals surface area contributed by atoms with Gasteiger partial charge in [-0.3, -0.25) is 4.79 Å². The Morgan fingerprint density at radius 2 is 1.61 bits per heavy atom. The first kappa shape index (κ1) is 31.2. The van der Waals surface area contributed by atoms with Crippen LogP contribution in [0, 0.1) is 42.6 Å². The maximum absolute atomic E-state index is 14.5. The van der Waals surface area contributed by atoms with E-state index >= 15 is 0 Å². The van der Waals surface area contributed by atoms with Gasteiger partial charge in [0.15, 0.2) is 5.82 Å². The number of primary sulfonamides is 1. The number of carbonyl (C=O) groups excluding carboxylic acids is 1. The molecule has 1 amide bonds. The van der Waals surface area contributed by atoms with Crippen LogP contribution >= 0.6 is 0 Å². The molecular weight excluding hydrogens is 593 g/mol. The van der Waals surface area contributed by atoms with Crippen LogP contribution in [0.4, 0.5) is 30.2 Å². The monoisotopic (exact) mass is 626 g/mol. The summed E-state index contributed by atoms with van der Waals surface area (Å²) >= 11 is 0. The van der Waals surface area contributed by atoms with Gasteiger partial charge in [-0.05, 0) is 62.1 Å². The molecule has 2 heterocycles. The molecular formula is C31H33F3N6O3S. The molecule has 0 atom stereocenters. The lowest BCUT2D eigenvalue weighted by atomic mass is 9.99. The average molecular weight is 627 g/mol. The molecule has 0 unspecified atom stereocenters. The maximum atomic E-state index is 14.5. The number of anilines is 3. The van der Waals surface area contributed by atoms with Crippen molar-refractivity contribution in [1.82, 2.24) is 4.90 Å². The molecule has 232 valence electrons. The summed E-state index contributed by atoms with van der Waals surface area (Å²) in [5, 5.41) is 18.2. The molecule has 0 bridgehead atoms. The summed E-state index contributed by atoms with van der Waals surface area (Å²) in [6.07, 6.45) is 1.28. The Bertz CT molecular complexity index is 1750. The van der Waals surface area contributed by atoms with Crippen molar-refractivity contribution in [3.63, 3.8) is 0 Å². The molecule has 44 heavy (non-hydrogen) atoms. The zero-order valence-electron chi connectivity index (χ0n) is 24.4. The molecule has 0 spiro atoms. The molecule has 5 rings (SSSR count). The number of sulfonamides is 1. The highest BCUT2D eigenvalue weighted by Gasteiger charge is 2.29. The maximum Gasteiger partial charge on any atom is 0.254 e. The van der Waals surface area contributed by atoms with Gasteiger partial charge in [-0.2, -0.15) is 5.26 Å². The van der Waals surface area contributed by atoms with Gasteiger partial charge in [0.2, 0.25) is 10.0 Å². The van der Waals surface area contributed by atoms with Gasteiger partial charge in [-0.25, -0.2) is 26.7 Å². The SMILES string of the molecule is Cc1cc(C)c(C(=O)N2CCN(c3cccc(F)c3S(N)(=O)=O)CC2)cc1NC1CCN(c2c(F)cc(F)cc2C#N)CC1. The van der Waals surface area contributed by atoms with E-state index in [4.69, 9.17) is 5.14 Å². The van der Waals surface area contributed by atoms with Gasteiger partial charge >= 0.3 is 0 Å². The second-order valence-electron chi connectivity index (χ2n) is 11.2. The number of amides is 1. The lowest BCUT2D eigenvalue weighted by Crippen LogP contribution is -2.49. The van der Waals surface area contributed by atoms with Crippen molar-refractivity contribution >= 4 is 33.0 Å². The number of nitrogens with zero attached hydrogens (tertiary/aromatic N) is 4. The number of piperazine rings is 1. The smallest absolute Gasteiger partial charge is 0.254 e. The first-order chi connectivity index (χ1) is 20.9. The summed E-state index contributed by atoms with van der Waals surface area (Å²) in [4.78, 5) is 18.2. The lowest BCUT2D eigenvalue weighted by molar-refractivity contribution is 0.0746. The van der Waals surface area contributed by atoms with Gasteiger partial charge in [-0.1, -0.05) is 12.1 Å². The number of halogens is 3. The van der Waals surface area contributed by atoms with Crippen LogP contribution in [0.5, 0.6) is 0 Å². The summed E-state index contributed by atoms with van der Waals surface area (Å²) < 4.78 is 66.6. The lowest BCUT2D eigenvalue weighted by Gasteiger charge is -2.37. The van der Waals surface area contributed by atoms with Crippen molar-refractivity contribution in [2.24, 2.45) is 5.14 Å². The van der Waals surface area contributed by atoms with Gasteiger partial charge in [-0.15, -0.1) is 0 Å². The predicted octanol–water partition coefficient (Wildman–Crippen LogP) is 4.28. The topological polar surface area (TPSA) is 123 Å². The Hall–Kier alpha value is -4.28. The molecule has 0 aromatic heterocycles.